The molecule has 0 aliphatic heterocycles. The number of aromatic nitrogens is 3. The van der Waals surface area contributed by atoms with Gasteiger partial charge in [0.1, 0.15) is 0 Å². The molecule has 0 aliphatic carbocycles. The van der Waals surface area contributed by atoms with Gasteiger partial charge in [-0.05, 0) is 34.8 Å². The van der Waals surface area contributed by atoms with Gasteiger partial charge in [0, 0.05) is 5.56 Å². The van der Waals surface area contributed by atoms with E-state index >= 15 is 0 Å². The van der Waals surface area contributed by atoms with Crippen molar-refractivity contribution >= 4 is 22.4 Å². The van der Waals surface area contributed by atoms with Crippen LogP contribution < -0.4 is 19.6 Å². The van der Waals surface area contributed by atoms with Crippen molar-refractivity contribution in [1.82, 2.24) is 14.6 Å². The van der Waals surface area contributed by atoms with Crippen LogP contribution in [0.3, 0.4) is 0 Å². The van der Waals surface area contributed by atoms with Crippen molar-refractivity contribution in [2.75, 3.05) is 14.2 Å². The summed E-state index contributed by atoms with van der Waals surface area (Å²) in [5.41, 5.74) is 2.87. The Hall–Kier alpha value is -3.19. The van der Waals surface area contributed by atoms with Crippen LogP contribution in [0.4, 0.5) is 0 Å². The summed E-state index contributed by atoms with van der Waals surface area (Å²) in [5, 5.41) is 4.44. The van der Waals surface area contributed by atoms with Crippen molar-refractivity contribution in [3.05, 3.63) is 68.5 Å². The van der Waals surface area contributed by atoms with Crippen molar-refractivity contribution in [2.45, 2.75) is 26.2 Å². The molecule has 154 valence electrons. The van der Waals surface area contributed by atoms with Gasteiger partial charge in [0.2, 0.25) is 4.96 Å². The lowest BCUT2D eigenvalue weighted by atomic mass is 9.87. The third-order valence-electron chi connectivity index (χ3n) is 4.90. The minimum Gasteiger partial charge on any atom is -0.493 e. The number of methoxy groups -OCH3 is 2. The molecule has 2 aromatic heterocycles. The van der Waals surface area contributed by atoms with Crippen LogP contribution in [0.2, 0.25) is 0 Å². The van der Waals surface area contributed by atoms with Gasteiger partial charge in [0.05, 0.1) is 18.8 Å². The third kappa shape index (κ3) is 3.68. The minimum absolute atomic E-state index is 0.0809. The van der Waals surface area contributed by atoms with Crippen LogP contribution in [-0.4, -0.2) is 28.8 Å². The first kappa shape index (κ1) is 20.1. The first-order valence-electron chi connectivity index (χ1n) is 9.54. The molecule has 0 fully saturated rings. The average molecular weight is 422 g/mol. The average Bonchev–Trinajstić information content (AvgIpc) is 3.27. The van der Waals surface area contributed by atoms with Crippen molar-refractivity contribution in [1.29, 1.82) is 0 Å². The maximum absolute atomic E-state index is 12.8. The molecule has 6 nitrogen and oxygen atoms in total. The number of hydrogen-bond acceptors (Lipinski definition) is 6. The SMILES string of the molecule is COc1ccc(/C=c2\sc3nc(-c4ccc(C(C)(C)C)cc4)nn3c2=O)cc1OC. The van der Waals surface area contributed by atoms with Gasteiger partial charge in [-0.3, -0.25) is 4.79 Å². The highest BCUT2D eigenvalue weighted by molar-refractivity contribution is 7.15. The van der Waals surface area contributed by atoms with E-state index < -0.39 is 0 Å². The van der Waals surface area contributed by atoms with Crippen LogP contribution in [0.25, 0.3) is 22.4 Å². The Bertz CT molecular complexity index is 1310. The Labute approximate surface area is 178 Å². The van der Waals surface area contributed by atoms with Crippen LogP contribution in [-0.2, 0) is 5.41 Å². The van der Waals surface area contributed by atoms with Crippen LogP contribution >= 0.6 is 11.3 Å². The number of thiazole rings is 1. The van der Waals surface area contributed by atoms with Gasteiger partial charge in [-0.2, -0.15) is 9.50 Å². The molecule has 0 aliphatic rings. The van der Waals surface area contributed by atoms with E-state index in [9.17, 15) is 4.79 Å². The molecule has 0 saturated heterocycles. The first-order valence-corrected chi connectivity index (χ1v) is 10.4. The molecular weight excluding hydrogens is 398 g/mol. The molecule has 0 amide bonds. The van der Waals surface area contributed by atoms with E-state index in [0.29, 0.717) is 26.8 Å². The maximum Gasteiger partial charge on any atom is 0.291 e. The second-order valence-corrected chi connectivity index (χ2v) is 9.00. The predicted octanol–water partition coefficient (Wildman–Crippen LogP) is 3.68. The van der Waals surface area contributed by atoms with E-state index in [0.717, 1.165) is 11.1 Å². The zero-order chi connectivity index (χ0) is 21.5. The third-order valence-corrected chi connectivity index (χ3v) is 5.86. The van der Waals surface area contributed by atoms with Gasteiger partial charge >= 0.3 is 0 Å². The molecule has 30 heavy (non-hydrogen) atoms. The Balaban J connectivity index is 1.71. The van der Waals surface area contributed by atoms with Crippen LogP contribution in [0, 0.1) is 0 Å². The normalized spacial score (nSPS) is 12.5. The second kappa shape index (κ2) is 7.57. The molecule has 0 unspecified atom stereocenters. The monoisotopic (exact) mass is 421 g/mol. The van der Waals surface area contributed by atoms with Crippen LogP contribution in [0.5, 0.6) is 11.5 Å². The highest BCUT2D eigenvalue weighted by atomic mass is 32.1. The summed E-state index contributed by atoms with van der Waals surface area (Å²) in [6, 6.07) is 13.7. The van der Waals surface area contributed by atoms with Gasteiger partial charge < -0.3 is 9.47 Å². The molecule has 0 bridgehead atoms. The summed E-state index contributed by atoms with van der Waals surface area (Å²) >= 11 is 1.31. The standard InChI is InChI=1S/C23H23N3O3S/c1-23(2,3)16-9-7-15(8-10-16)20-24-22-26(25-20)21(27)19(30-22)13-14-6-11-17(28-4)18(12-14)29-5/h6-13H,1-5H3/b19-13-. The summed E-state index contributed by atoms with van der Waals surface area (Å²) in [4.78, 5) is 18.0. The molecule has 0 N–H and O–H groups in total. The van der Waals surface area contributed by atoms with Crippen LogP contribution in [0.1, 0.15) is 31.9 Å². The number of hydrogen-bond donors (Lipinski definition) is 0. The smallest absolute Gasteiger partial charge is 0.291 e. The number of rotatable bonds is 4. The Morgan fingerprint density at radius 3 is 2.30 bits per heavy atom. The highest BCUT2D eigenvalue weighted by Crippen LogP contribution is 2.28. The fourth-order valence-electron chi connectivity index (χ4n) is 3.17. The maximum atomic E-state index is 12.8. The number of nitrogens with zero attached hydrogens (tertiary/aromatic N) is 3. The van der Waals surface area contributed by atoms with Crippen LogP contribution in [0.15, 0.2) is 47.3 Å². The van der Waals surface area contributed by atoms with Crippen molar-refractivity contribution < 1.29 is 9.47 Å². The van der Waals surface area contributed by atoms with Gasteiger partial charge in [0.25, 0.3) is 5.56 Å². The van der Waals surface area contributed by atoms with Gasteiger partial charge in [-0.15, -0.1) is 5.10 Å². The molecule has 7 heteroatoms. The second-order valence-electron chi connectivity index (χ2n) is 7.99. The summed E-state index contributed by atoms with van der Waals surface area (Å²) in [7, 11) is 3.17. The Morgan fingerprint density at radius 2 is 1.70 bits per heavy atom. The molecule has 0 atom stereocenters. The zero-order valence-electron chi connectivity index (χ0n) is 17.6. The fraction of sp³-hybridized carbons (Fsp3) is 0.261. The fourth-order valence-corrected chi connectivity index (χ4v) is 4.08. The minimum atomic E-state index is -0.185. The van der Waals surface area contributed by atoms with E-state index in [1.807, 2.05) is 36.4 Å². The molecule has 4 rings (SSSR count). The lowest BCUT2D eigenvalue weighted by Crippen LogP contribution is -2.23. The Kier molecular flexibility index (Phi) is 5.07. The van der Waals surface area contributed by atoms with Gasteiger partial charge in [-0.25, -0.2) is 0 Å². The predicted molar refractivity (Wildman–Crippen MR) is 120 cm³/mol. The van der Waals surface area contributed by atoms with Crippen molar-refractivity contribution in [3.8, 4) is 22.9 Å². The summed E-state index contributed by atoms with van der Waals surface area (Å²) in [6.45, 7) is 6.52. The van der Waals surface area contributed by atoms with E-state index in [1.54, 1.807) is 14.2 Å². The van der Waals surface area contributed by atoms with Crippen molar-refractivity contribution in [2.24, 2.45) is 0 Å². The van der Waals surface area contributed by atoms with Gasteiger partial charge in [0.15, 0.2) is 17.3 Å². The quantitative estimate of drug-likeness (QED) is 0.503. The van der Waals surface area contributed by atoms with Crippen molar-refractivity contribution in [3.63, 3.8) is 0 Å². The highest BCUT2D eigenvalue weighted by Gasteiger charge is 2.15. The molecule has 4 aromatic rings. The lowest BCUT2D eigenvalue weighted by Gasteiger charge is -2.18. The molecule has 0 radical (unpaired) electrons. The molecular formula is C23H23N3O3S. The summed E-state index contributed by atoms with van der Waals surface area (Å²) < 4.78 is 12.5. The molecule has 2 heterocycles. The number of fused-ring (bicyclic) bond motifs is 1. The largest absolute Gasteiger partial charge is 0.493 e. The summed E-state index contributed by atoms with van der Waals surface area (Å²) in [6.07, 6.45) is 1.81. The molecule has 0 saturated carbocycles. The van der Waals surface area contributed by atoms with E-state index in [-0.39, 0.29) is 11.0 Å². The molecule has 0 spiro atoms. The number of ether oxygens (including phenoxy) is 2. The zero-order valence-corrected chi connectivity index (χ0v) is 18.4. The topological polar surface area (TPSA) is 65.7 Å². The van der Waals surface area contributed by atoms with E-state index in [4.69, 9.17) is 9.47 Å². The molecule has 2 aromatic carbocycles. The Morgan fingerprint density at radius 1 is 1.00 bits per heavy atom. The summed E-state index contributed by atoms with van der Waals surface area (Å²) in [5.74, 6) is 1.80. The van der Waals surface area contributed by atoms with Gasteiger partial charge in [-0.1, -0.05) is 62.4 Å². The lowest BCUT2D eigenvalue weighted by molar-refractivity contribution is 0.355. The number of benzene rings is 2. The van der Waals surface area contributed by atoms with E-state index in [1.165, 1.54) is 21.4 Å². The van der Waals surface area contributed by atoms with E-state index in [2.05, 4.69) is 43.0 Å². The first-order chi connectivity index (χ1) is 14.3.